The van der Waals surface area contributed by atoms with Crippen molar-refractivity contribution in [3.05, 3.63) is 54.2 Å². The van der Waals surface area contributed by atoms with Crippen LogP contribution >= 0.6 is 0 Å². The molecule has 2 aromatic carbocycles. The molecule has 3 aliphatic heterocycles. The third-order valence-corrected chi connectivity index (χ3v) is 10.7. The van der Waals surface area contributed by atoms with Crippen LogP contribution in [0.25, 0.3) is 27.6 Å². The first-order valence-corrected chi connectivity index (χ1v) is 17.3. The minimum absolute atomic E-state index is 0.0159. The SMILES string of the molecule is CC(C)[C@H](C)C(=O)N1CCC[C@H]1C(=O)Nc1n[nH]c2cc(-c3ccc(C4=CN=C([C@@H]5CCCN5C(=O)[C@@H](C)C(C)C)C4)cc3)ccc12. The number of allylic oxidation sites excluding steroid dienone is 1. The number of nitrogens with one attached hydrogen (secondary N) is 2. The molecule has 9 nitrogen and oxygen atoms in total. The predicted molar refractivity (Wildman–Crippen MR) is 188 cm³/mol. The highest BCUT2D eigenvalue weighted by atomic mass is 16.2. The molecule has 0 spiro atoms. The van der Waals surface area contributed by atoms with E-state index in [1.54, 1.807) is 4.90 Å². The molecule has 3 aliphatic rings. The maximum atomic E-state index is 13.3. The lowest BCUT2D eigenvalue weighted by Gasteiger charge is -2.29. The number of benzene rings is 2. The number of hydrogen-bond donors (Lipinski definition) is 2. The number of aliphatic imine (C=N–C) groups is 1. The van der Waals surface area contributed by atoms with Crippen molar-refractivity contribution in [2.75, 3.05) is 18.4 Å². The van der Waals surface area contributed by atoms with Gasteiger partial charge in [-0.25, -0.2) is 0 Å². The molecule has 4 heterocycles. The van der Waals surface area contributed by atoms with Crippen LogP contribution in [0.3, 0.4) is 0 Å². The van der Waals surface area contributed by atoms with E-state index in [9.17, 15) is 14.4 Å². The molecule has 0 radical (unpaired) electrons. The second-order valence-corrected chi connectivity index (χ2v) is 14.3. The fourth-order valence-corrected chi connectivity index (χ4v) is 6.97. The number of rotatable bonds is 9. The van der Waals surface area contributed by atoms with Crippen molar-refractivity contribution in [2.45, 2.75) is 85.7 Å². The van der Waals surface area contributed by atoms with Crippen LogP contribution in [0.15, 0.2) is 53.7 Å². The zero-order chi connectivity index (χ0) is 33.4. The number of H-pyrrole nitrogens is 1. The van der Waals surface area contributed by atoms with Crippen LogP contribution in [-0.4, -0.2) is 68.6 Å². The van der Waals surface area contributed by atoms with Gasteiger partial charge in [0.15, 0.2) is 5.82 Å². The molecule has 1 aromatic heterocycles. The van der Waals surface area contributed by atoms with E-state index in [-0.39, 0.29) is 41.5 Å². The summed E-state index contributed by atoms with van der Waals surface area (Å²) in [5.74, 6) is 1.01. The summed E-state index contributed by atoms with van der Waals surface area (Å²) in [5, 5.41) is 11.3. The van der Waals surface area contributed by atoms with Gasteiger partial charge in [0.1, 0.15) is 6.04 Å². The number of likely N-dealkylation sites (tertiary alicyclic amines) is 2. The molecule has 2 fully saturated rings. The summed E-state index contributed by atoms with van der Waals surface area (Å²) < 4.78 is 0. The topological polar surface area (TPSA) is 111 Å². The van der Waals surface area contributed by atoms with Gasteiger partial charge in [-0.2, -0.15) is 5.10 Å². The smallest absolute Gasteiger partial charge is 0.248 e. The maximum Gasteiger partial charge on any atom is 0.248 e. The highest BCUT2D eigenvalue weighted by Gasteiger charge is 2.38. The molecule has 0 unspecified atom stereocenters. The predicted octanol–water partition coefficient (Wildman–Crippen LogP) is 6.92. The lowest BCUT2D eigenvalue weighted by atomic mass is 9.94. The largest absolute Gasteiger partial charge is 0.334 e. The van der Waals surface area contributed by atoms with Crippen LogP contribution in [-0.2, 0) is 14.4 Å². The highest BCUT2D eigenvalue weighted by molar-refractivity contribution is 6.04. The number of aromatic nitrogens is 2. The van der Waals surface area contributed by atoms with Gasteiger partial charge in [0.25, 0.3) is 0 Å². The average molecular weight is 637 g/mol. The van der Waals surface area contributed by atoms with Crippen molar-refractivity contribution in [1.29, 1.82) is 0 Å². The molecule has 0 aliphatic carbocycles. The van der Waals surface area contributed by atoms with E-state index < -0.39 is 6.04 Å². The van der Waals surface area contributed by atoms with Crippen molar-refractivity contribution < 1.29 is 14.4 Å². The van der Waals surface area contributed by atoms with Gasteiger partial charge in [-0.1, -0.05) is 71.9 Å². The van der Waals surface area contributed by atoms with E-state index in [4.69, 9.17) is 4.99 Å². The van der Waals surface area contributed by atoms with Crippen molar-refractivity contribution in [3.8, 4) is 11.1 Å². The molecular formula is C38H48N6O3. The average Bonchev–Trinajstić information content (AvgIpc) is 3.89. The molecule has 3 aromatic rings. The van der Waals surface area contributed by atoms with E-state index in [0.717, 1.165) is 65.5 Å². The minimum Gasteiger partial charge on any atom is -0.334 e. The Bertz CT molecular complexity index is 1720. The van der Waals surface area contributed by atoms with Gasteiger partial charge >= 0.3 is 0 Å². The van der Waals surface area contributed by atoms with Crippen LogP contribution in [0, 0.1) is 23.7 Å². The summed E-state index contributed by atoms with van der Waals surface area (Å²) in [6.45, 7) is 13.7. The second-order valence-electron chi connectivity index (χ2n) is 14.3. The Morgan fingerprint density at radius 3 is 2.13 bits per heavy atom. The van der Waals surface area contributed by atoms with Gasteiger partial charge in [0.05, 0.1) is 11.6 Å². The summed E-state index contributed by atoms with van der Waals surface area (Å²) in [6.07, 6.45) is 6.22. The van der Waals surface area contributed by atoms with E-state index in [1.165, 1.54) is 5.57 Å². The Kier molecular flexibility index (Phi) is 9.35. The lowest BCUT2D eigenvalue weighted by molar-refractivity contribution is -0.140. The van der Waals surface area contributed by atoms with Gasteiger partial charge in [0, 0.05) is 48.6 Å². The van der Waals surface area contributed by atoms with Crippen molar-refractivity contribution in [3.63, 3.8) is 0 Å². The maximum absolute atomic E-state index is 13.3. The van der Waals surface area contributed by atoms with Crippen LogP contribution in [0.5, 0.6) is 0 Å². The van der Waals surface area contributed by atoms with Gasteiger partial charge < -0.3 is 15.1 Å². The summed E-state index contributed by atoms with van der Waals surface area (Å²) in [6, 6.07) is 14.2. The zero-order valence-electron chi connectivity index (χ0n) is 28.5. The lowest BCUT2D eigenvalue weighted by Crippen LogP contribution is -2.46. The number of carbonyl (C=O) groups is 3. The van der Waals surface area contributed by atoms with Gasteiger partial charge in [0.2, 0.25) is 17.7 Å². The Labute approximate surface area is 277 Å². The van der Waals surface area contributed by atoms with E-state index in [2.05, 4.69) is 58.5 Å². The fourth-order valence-electron chi connectivity index (χ4n) is 6.97. The molecule has 9 heteroatoms. The summed E-state index contributed by atoms with van der Waals surface area (Å²) >= 11 is 0. The Morgan fingerprint density at radius 2 is 1.43 bits per heavy atom. The molecule has 47 heavy (non-hydrogen) atoms. The normalized spacial score (nSPS) is 21.0. The first-order chi connectivity index (χ1) is 22.5. The van der Waals surface area contributed by atoms with Crippen LogP contribution < -0.4 is 5.32 Å². The molecule has 2 saturated heterocycles. The van der Waals surface area contributed by atoms with E-state index in [1.807, 2.05) is 52.1 Å². The number of hydrogen-bond acceptors (Lipinski definition) is 5. The summed E-state index contributed by atoms with van der Waals surface area (Å²) in [4.78, 5) is 48.1. The van der Waals surface area contributed by atoms with Crippen molar-refractivity contribution in [1.82, 2.24) is 20.0 Å². The van der Waals surface area contributed by atoms with Crippen LogP contribution in [0.4, 0.5) is 5.82 Å². The van der Waals surface area contributed by atoms with Gasteiger partial charge in [-0.3, -0.25) is 24.5 Å². The van der Waals surface area contributed by atoms with Crippen LogP contribution in [0.2, 0.25) is 0 Å². The molecule has 2 N–H and O–H groups in total. The summed E-state index contributed by atoms with van der Waals surface area (Å²) in [7, 11) is 0. The minimum atomic E-state index is -0.474. The van der Waals surface area contributed by atoms with Gasteiger partial charge in [-0.05, 0) is 71.9 Å². The number of amides is 3. The molecule has 6 rings (SSSR count). The number of nitrogens with zero attached hydrogens (tertiary/aromatic N) is 4. The highest BCUT2D eigenvalue weighted by Crippen LogP contribution is 2.33. The number of carbonyl (C=O) groups excluding carboxylic acids is 3. The number of aromatic amines is 1. The first-order valence-electron chi connectivity index (χ1n) is 17.3. The second kappa shape index (κ2) is 13.5. The first kappa shape index (κ1) is 32.7. The summed E-state index contributed by atoms with van der Waals surface area (Å²) in [5.41, 5.74) is 6.34. The molecule has 0 saturated carbocycles. The third-order valence-electron chi connectivity index (χ3n) is 10.7. The van der Waals surface area contributed by atoms with Gasteiger partial charge in [-0.15, -0.1) is 0 Å². The molecule has 3 amide bonds. The Balaban J connectivity index is 1.10. The standard InChI is InChI=1S/C38H48N6O3/c1-22(2)24(5)37(46)43-17-7-9-33(43)32-20-29(21-39-32)27-13-11-26(12-14-27)28-15-16-30-31(19-28)41-42-35(30)40-36(45)34-10-8-18-44(34)38(47)25(6)23(3)4/h11-16,19,21-25,33-34H,7-10,17-18,20H2,1-6H3,(H2,40,41,42,45)/t24-,25-,33-,34-/m0/s1. The quantitative estimate of drug-likeness (QED) is 0.266. The Morgan fingerprint density at radius 1 is 0.809 bits per heavy atom. The molecule has 0 bridgehead atoms. The third kappa shape index (κ3) is 6.49. The van der Waals surface area contributed by atoms with E-state index in [0.29, 0.717) is 24.7 Å². The number of anilines is 1. The van der Waals surface area contributed by atoms with Crippen LogP contribution in [0.1, 0.15) is 79.2 Å². The fraction of sp³-hybridized carbons (Fsp3) is 0.500. The number of fused-ring (bicyclic) bond motifs is 1. The molecular weight excluding hydrogens is 588 g/mol. The molecule has 4 atom stereocenters. The van der Waals surface area contributed by atoms with Crippen molar-refractivity contribution >= 4 is 45.7 Å². The molecule has 248 valence electrons. The monoisotopic (exact) mass is 636 g/mol. The van der Waals surface area contributed by atoms with Crippen molar-refractivity contribution in [2.24, 2.45) is 28.7 Å². The zero-order valence-corrected chi connectivity index (χ0v) is 28.5. The van der Waals surface area contributed by atoms with E-state index >= 15 is 0 Å². The Hall–Kier alpha value is -4.27.